The summed E-state index contributed by atoms with van der Waals surface area (Å²) in [6.45, 7) is 2.36. The maximum Gasteiger partial charge on any atom is 0.254 e. The van der Waals surface area contributed by atoms with Crippen molar-refractivity contribution in [2.24, 2.45) is 4.99 Å². The minimum atomic E-state index is -0.0340. The molecule has 0 spiro atoms. The maximum atomic E-state index is 13.3. The molecule has 0 radical (unpaired) electrons. The SMILES string of the molecule is CCOc1cc(/C=N/c2sc3c(c2C(=O)NC2CCCCC2)CCCC3)ccc1OCC#N. The minimum Gasteiger partial charge on any atom is -0.490 e. The van der Waals surface area contributed by atoms with Crippen LogP contribution >= 0.6 is 11.3 Å². The van der Waals surface area contributed by atoms with E-state index in [1.165, 1.54) is 36.1 Å². The Morgan fingerprint density at radius 2 is 2.00 bits per heavy atom. The molecule has 33 heavy (non-hydrogen) atoms. The van der Waals surface area contributed by atoms with Crippen LogP contribution in [0.25, 0.3) is 0 Å². The van der Waals surface area contributed by atoms with Crippen molar-refractivity contribution < 1.29 is 14.3 Å². The van der Waals surface area contributed by atoms with Gasteiger partial charge in [0.25, 0.3) is 5.91 Å². The van der Waals surface area contributed by atoms with E-state index in [-0.39, 0.29) is 18.6 Å². The van der Waals surface area contributed by atoms with Crippen LogP contribution in [-0.2, 0) is 12.8 Å². The van der Waals surface area contributed by atoms with E-state index in [1.807, 2.05) is 25.1 Å². The Bertz CT molecular complexity index is 1050. The van der Waals surface area contributed by atoms with E-state index in [0.717, 1.165) is 48.2 Å². The van der Waals surface area contributed by atoms with Gasteiger partial charge in [-0.3, -0.25) is 4.79 Å². The molecule has 2 aromatic rings. The van der Waals surface area contributed by atoms with Gasteiger partial charge in [-0.1, -0.05) is 19.3 Å². The van der Waals surface area contributed by atoms with Crippen molar-refractivity contribution in [1.29, 1.82) is 5.26 Å². The summed E-state index contributed by atoms with van der Waals surface area (Å²) in [5, 5.41) is 12.9. The first-order chi connectivity index (χ1) is 16.2. The molecular weight excluding hydrogens is 434 g/mol. The number of carbonyl (C=O) groups is 1. The van der Waals surface area contributed by atoms with Gasteiger partial charge in [0, 0.05) is 17.1 Å². The topological polar surface area (TPSA) is 83.7 Å². The number of aliphatic imine (C=N–C) groups is 1. The van der Waals surface area contributed by atoms with Crippen LogP contribution in [0.5, 0.6) is 11.5 Å². The van der Waals surface area contributed by atoms with Crippen LogP contribution in [0.3, 0.4) is 0 Å². The molecule has 2 aliphatic carbocycles. The van der Waals surface area contributed by atoms with Crippen molar-refractivity contribution in [3.63, 3.8) is 0 Å². The van der Waals surface area contributed by atoms with Crippen LogP contribution in [0.15, 0.2) is 23.2 Å². The Morgan fingerprint density at radius 3 is 2.79 bits per heavy atom. The highest BCUT2D eigenvalue weighted by atomic mass is 32.1. The molecule has 6 nitrogen and oxygen atoms in total. The van der Waals surface area contributed by atoms with Crippen LogP contribution in [0.1, 0.15) is 78.2 Å². The van der Waals surface area contributed by atoms with E-state index >= 15 is 0 Å². The number of rotatable bonds is 8. The Hall–Kier alpha value is -2.85. The van der Waals surface area contributed by atoms with E-state index in [2.05, 4.69) is 5.32 Å². The number of thiophene rings is 1. The van der Waals surface area contributed by atoms with Crippen molar-refractivity contribution in [2.75, 3.05) is 13.2 Å². The molecule has 4 rings (SSSR count). The highest BCUT2D eigenvalue weighted by Gasteiger charge is 2.27. The lowest BCUT2D eigenvalue weighted by atomic mass is 9.93. The Kier molecular flexibility index (Phi) is 8.01. The first-order valence-electron chi connectivity index (χ1n) is 12.0. The third-order valence-corrected chi connectivity index (χ3v) is 7.41. The standard InChI is InChI=1S/C26H31N3O3S/c1-2-31-22-16-18(12-13-21(22)32-15-14-27)17-28-26-24(20-10-6-7-11-23(20)33-26)25(30)29-19-8-4-3-5-9-19/h12-13,16-17,19H,2-11,15H2,1H3,(H,29,30)/b28-17+. The molecule has 1 aromatic carbocycles. The lowest BCUT2D eigenvalue weighted by Crippen LogP contribution is -2.36. The molecule has 1 aromatic heterocycles. The molecule has 0 aliphatic heterocycles. The molecule has 1 amide bonds. The van der Waals surface area contributed by atoms with Crippen LogP contribution in [0, 0.1) is 11.3 Å². The first-order valence-corrected chi connectivity index (χ1v) is 12.8. The van der Waals surface area contributed by atoms with E-state index in [1.54, 1.807) is 23.6 Å². The average Bonchev–Trinajstić information content (AvgIpc) is 3.21. The molecule has 0 saturated heterocycles. The predicted molar refractivity (Wildman–Crippen MR) is 131 cm³/mol. The zero-order valence-corrected chi connectivity index (χ0v) is 20.0. The van der Waals surface area contributed by atoms with E-state index < -0.39 is 0 Å². The number of amides is 1. The summed E-state index contributed by atoms with van der Waals surface area (Å²) in [5.74, 6) is 1.15. The number of hydrogen-bond acceptors (Lipinski definition) is 6. The predicted octanol–water partition coefficient (Wildman–Crippen LogP) is 5.74. The van der Waals surface area contributed by atoms with Gasteiger partial charge in [-0.15, -0.1) is 11.3 Å². The van der Waals surface area contributed by atoms with Gasteiger partial charge in [0.15, 0.2) is 18.1 Å². The Morgan fingerprint density at radius 1 is 1.18 bits per heavy atom. The van der Waals surface area contributed by atoms with E-state index in [4.69, 9.17) is 19.7 Å². The normalized spacial score (nSPS) is 16.2. The second-order valence-corrected chi connectivity index (χ2v) is 9.63. The van der Waals surface area contributed by atoms with Crippen LogP contribution in [0.4, 0.5) is 5.00 Å². The lowest BCUT2D eigenvalue weighted by molar-refractivity contribution is 0.0927. The number of nitriles is 1. The number of carbonyl (C=O) groups excluding carboxylic acids is 1. The fourth-order valence-electron chi connectivity index (χ4n) is 4.62. The van der Waals surface area contributed by atoms with Crippen molar-refractivity contribution in [3.8, 4) is 17.6 Å². The third-order valence-electron chi connectivity index (χ3n) is 6.21. The van der Waals surface area contributed by atoms with Crippen molar-refractivity contribution in [1.82, 2.24) is 5.32 Å². The fraction of sp³-hybridized carbons (Fsp3) is 0.500. The zero-order valence-electron chi connectivity index (χ0n) is 19.2. The van der Waals surface area contributed by atoms with E-state index in [9.17, 15) is 4.79 Å². The summed E-state index contributed by atoms with van der Waals surface area (Å²) in [6, 6.07) is 7.78. The highest BCUT2D eigenvalue weighted by molar-refractivity contribution is 7.16. The van der Waals surface area contributed by atoms with Crippen molar-refractivity contribution in [3.05, 3.63) is 39.8 Å². The molecule has 7 heteroatoms. The average molecular weight is 466 g/mol. The summed E-state index contributed by atoms with van der Waals surface area (Å²) in [7, 11) is 0. The highest BCUT2D eigenvalue weighted by Crippen LogP contribution is 2.40. The summed E-state index contributed by atoms with van der Waals surface area (Å²) in [5.41, 5.74) is 2.82. The third kappa shape index (κ3) is 5.75. The van der Waals surface area contributed by atoms with Gasteiger partial charge in [-0.2, -0.15) is 5.26 Å². The Labute approximate surface area is 199 Å². The number of benzene rings is 1. The Balaban J connectivity index is 1.59. The molecule has 0 atom stereocenters. The molecule has 1 heterocycles. The smallest absolute Gasteiger partial charge is 0.254 e. The molecule has 1 N–H and O–H groups in total. The second-order valence-electron chi connectivity index (χ2n) is 8.54. The van der Waals surface area contributed by atoms with Gasteiger partial charge >= 0.3 is 0 Å². The minimum absolute atomic E-state index is 0.0312. The number of ether oxygens (including phenoxy) is 2. The van der Waals surface area contributed by atoms with Crippen LogP contribution < -0.4 is 14.8 Å². The van der Waals surface area contributed by atoms with Crippen molar-refractivity contribution in [2.45, 2.75) is 70.8 Å². The lowest BCUT2D eigenvalue weighted by Gasteiger charge is -2.23. The van der Waals surface area contributed by atoms with Crippen molar-refractivity contribution >= 4 is 28.5 Å². The quantitative estimate of drug-likeness (QED) is 0.504. The monoisotopic (exact) mass is 465 g/mol. The molecular formula is C26H31N3O3S. The number of hydrogen-bond donors (Lipinski definition) is 1. The van der Waals surface area contributed by atoms with Crippen LogP contribution in [-0.4, -0.2) is 31.4 Å². The summed E-state index contributed by atoms with van der Waals surface area (Å²) in [4.78, 5) is 19.4. The largest absolute Gasteiger partial charge is 0.490 e. The number of aryl methyl sites for hydroxylation is 1. The molecule has 2 aliphatic rings. The first kappa shape index (κ1) is 23.3. The molecule has 174 valence electrons. The zero-order chi connectivity index (χ0) is 23.0. The molecule has 0 unspecified atom stereocenters. The molecule has 1 fully saturated rings. The van der Waals surface area contributed by atoms with Gasteiger partial charge in [0.05, 0.1) is 12.2 Å². The van der Waals surface area contributed by atoms with Gasteiger partial charge < -0.3 is 14.8 Å². The van der Waals surface area contributed by atoms with Gasteiger partial charge in [0.2, 0.25) is 0 Å². The summed E-state index contributed by atoms with van der Waals surface area (Å²) in [6.07, 6.45) is 11.8. The summed E-state index contributed by atoms with van der Waals surface area (Å²) >= 11 is 1.65. The van der Waals surface area contributed by atoms with E-state index in [0.29, 0.717) is 18.1 Å². The van der Waals surface area contributed by atoms with Gasteiger partial charge in [-0.25, -0.2) is 4.99 Å². The molecule has 0 bridgehead atoms. The summed E-state index contributed by atoms with van der Waals surface area (Å²) < 4.78 is 11.1. The molecule has 1 saturated carbocycles. The number of fused-ring (bicyclic) bond motifs is 1. The van der Waals surface area contributed by atoms with Gasteiger partial charge in [0.1, 0.15) is 11.1 Å². The van der Waals surface area contributed by atoms with Crippen LogP contribution in [0.2, 0.25) is 0 Å². The van der Waals surface area contributed by atoms with Gasteiger partial charge in [-0.05, 0) is 74.8 Å². The second kappa shape index (κ2) is 11.3. The maximum absolute atomic E-state index is 13.3. The number of nitrogens with zero attached hydrogens (tertiary/aromatic N) is 2. The number of nitrogens with one attached hydrogen (secondary N) is 1. The fourth-order valence-corrected chi connectivity index (χ4v) is 5.85.